The number of rotatable bonds is 3. The average Bonchev–Trinajstić information content (AvgIpc) is 2.52. The lowest BCUT2D eigenvalue weighted by Gasteiger charge is -2.09. The molecule has 0 atom stereocenters. The Hall–Kier alpha value is -2.97. The van der Waals surface area contributed by atoms with Crippen LogP contribution >= 0.6 is 11.6 Å². The summed E-state index contributed by atoms with van der Waals surface area (Å²) in [5, 5.41) is 30.8. The van der Waals surface area contributed by atoms with Crippen molar-refractivity contribution in [3.05, 3.63) is 57.6 Å². The SMILES string of the molecule is Cc1ccc(NC(=O)/C(C#N)=C/c2cc(O)c(O)c(Cl)c2)c(C)c1. The van der Waals surface area contributed by atoms with Crippen molar-refractivity contribution in [2.24, 2.45) is 0 Å². The minimum atomic E-state index is -0.576. The monoisotopic (exact) mass is 342 g/mol. The van der Waals surface area contributed by atoms with Crippen molar-refractivity contribution in [1.82, 2.24) is 0 Å². The van der Waals surface area contributed by atoms with Crippen molar-refractivity contribution >= 4 is 29.3 Å². The molecule has 2 aromatic rings. The maximum atomic E-state index is 12.3. The number of nitriles is 1. The number of benzene rings is 2. The lowest BCUT2D eigenvalue weighted by atomic mass is 10.1. The normalized spacial score (nSPS) is 11.0. The third kappa shape index (κ3) is 3.86. The van der Waals surface area contributed by atoms with E-state index in [1.807, 2.05) is 32.0 Å². The molecule has 0 heterocycles. The third-order valence-corrected chi connectivity index (χ3v) is 3.66. The fourth-order valence-corrected chi connectivity index (χ4v) is 2.37. The summed E-state index contributed by atoms with van der Waals surface area (Å²) in [6.45, 7) is 3.80. The minimum Gasteiger partial charge on any atom is -0.504 e. The quantitative estimate of drug-likeness (QED) is 0.448. The highest BCUT2D eigenvalue weighted by Gasteiger charge is 2.13. The van der Waals surface area contributed by atoms with E-state index in [1.165, 1.54) is 18.2 Å². The standard InChI is InChI=1S/C18H15ClN2O3/c1-10-3-4-15(11(2)5-10)21-18(24)13(9-20)6-12-7-14(19)17(23)16(22)8-12/h3-8,22-23H,1-2H3,(H,21,24)/b13-6+. The van der Waals surface area contributed by atoms with Crippen LogP contribution < -0.4 is 5.32 Å². The van der Waals surface area contributed by atoms with Crippen LogP contribution in [0.1, 0.15) is 16.7 Å². The molecule has 2 rings (SSSR count). The van der Waals surface area contributed by atoms with E-state index >= 15 is 0 Å². The highest BCUT2D eigenvalue weighted by Crippen LogP contribution is 2.34. The minimum absolute atomic E-state index is 0.0756. The molecule has 0 unspecified atom stereocenters. The molecular weight excluding hydrogens is 328 g/mol. The van der Waals surface area contributed by atoms with Crippen LogP contribution in [0.4, 0.5) is 5.69 Å². The van der Waals surface area contributed by atoms with Crippen LogP contribution in [0.5, 0.6) is 11.5 Å². The van der Waals surface area contributed by atoms with Gasteiger partial charge in [0.1, 0.15) is 11.6 Å². The van der Waals surface area contributed by atoms with E-state index < -0.39 is 17.4 Å². The Morgan fingerprint density at radius 2 is 1.96 bits per heavy atom. The summed E-state index contributed by atoms with van der Waals surface area (Å²) in [5.74, 6) is -1.46. The molecule has 0 fully saturated rings. The number of phenolic OH excluding ortho intramolecular Hbond substituents is 2. The van der Waals surface area contributed by atoms with Gasteiger partial charge in [-0.2, -0.15) is 5.26 Å². The number of aryl methyl sites for hydroxylation is 2. The van der Waals surface area contributed by atoms with Gasteiger partial charge >= 0.3 is 0 Å². The van der Waals surface area contributed by atoms with Crippen LogP contribution in [-0.4, -0.2) is 16.1 Å². The van der Waals surface area contributed by atoms with Crippen molar-refractivity contribution < 1.29 is 15.0 Å². The number of aromatic hydroxyl groups is 2. The summed E-state index contributed by atoms with van der Waals surface area (Å²) in [4.78, 5) is 12.3. The fraction of sp³-hybridized carbons (Fsp3) is 0.111. The molecule has 1 amide bonds. The maximum absolute atomic E-state index is 12.3. The van der Waals surface area contributed by atoms with Gasteiger partial charge in [0.2, 0.25) is 0 Å². The van der Waals surface area contributed by atoms with Crippen LogP contribution in [0.3, 0.4) is 0 Å². The zero-order valence-corrected chi connectivity index (χ0v) is 13.8. The Balaban J connectivity index is 2.31. The van der Waals surface area contributed by atoms with Gasteiger partial charge in [-0.05, 0) is 49.2 Å². The molecule has 3 N–H and O–H groups in total. The van der Waals surface area contributed by atoms with Gasteiger partial charge in [0.25, 0.3) is 5.91 Å². The Kier molecular flexibility index (Phi) is 5.12. The van der Waals surface area contributed by atoms with Gasteiger partial charge in [-0.1, -0.05) is 29.3 Å². The molecule has 2 aromatic carbocycles. The van der Waals surface area contributed by atoms with Crippen LogP contribution in [-0.2, 0) is 4.79 Å². The number of nitrogens with zero attached hydrogens (tertiary/aromatic N) is 1. The van der Waals surface area contributed by atoms with Gasteiger partial charge in [0.05, 0.1) is 5.02 Å². The number of carbonyl (C=O) groups excluding carboxylic acids is 1. The second-order valence-electron chi connectivity index (χ2n) is 5.31. The number of nitrogens with one attached hydrogen (secondary N) is 1. The van der Waals surface area contributed by atoms with Gasteiger partial charge in [0.15, 0.2) is 11.5 Å². The lowest BCUT2D eigenvalue weighted by molar-refractivity contribution is -0.112. The average molecular weight is 343 g/mol. The zero-order chi connectivity index (χ0) is 17.9. The van der Waals surface area contributed by atoms with E-state index in [4.69, 9.17) is 11.6 Å². The summed E-state index contributed by atoms with van der Waals surface area (Å²) in [6.07, 6.45) is 1.28. The Morgan fingerprint density at radius 3 is 2.54 bits per heavy atom. The fourth-order valence-electron chi connectivity index (χ4n) is 2.15. The van der Waals surface area contributed by atoms with E-state index in [9.17, 15) is 20.3 Å². The molecule has 5 nitrogen and oxygen atoms in total. The molecule has 0 radical (unpaired) electrons. The Bertz CT molecular complexity index is 859. The van der Waals surface area contributed by atoms with Crippen molar-refractivity contribution in [2.45, 2.75) is 13.8 Å². The second kappa shape index (κ2) is 7.07. The number of anilines is 1. The Labute approximate surface area is 144 Å². The van der Waals surface area contributed by atoms with Crippen LogP contribution in [0.2, 0.25) is 5.02 Å². The third-order valence-electron chi connectivity index (χ3n) is 3.37. The first-order valence-corrected chi connectivity index (χ1v) is 7.41. The first-order valence-electron chi connectivity index (χ1n) is 7.03. The molecule has 0 spiro atoms. The molecular formula is C18H15ClN2O3. The smallest absolute Gasteiger partial charge is 0.266 e. The van der Waals surface area contributed by atoms with E-state index in [2.05, 4.69) is 5.32 Å². The van der Waals surface area contributed by atoms with Gasteiger partial charge < -0.3 is 15.5 Å². The predicted molar refractivity (Wildman–Crippen MR) is 92.9 cm³/mol. The largest absolute Gasteiger partial charge is 0.504 e. The van der Waals surface area contributed by atoms with Crippen molar-refractivity contribution in [2.75, 3.05) is 5.32 Å². The molecule has 0 saturated heterocycles. The van der Waals surface area contributed by atoms with Gasteiger partial charge in [0, 0.05) is 5.69 Å². The summed E-state index contributed by atoms with van der Waals surface area (Å²) < 4.78 is 0. The van der Waals surface area contributed by atoms with E-state index in [0.717, 1.165) is 11.1 Å². The van der Waals surface area contributed by atoms with E-state index in [-0.39, 0.29) is 10.6 Å². The van der Waals surface area contributed by atoms with Crippen molar-refractivity contribution in [3.63, 3.8) is 0 Å². The first-order chi connectivity index (χ1) is 11.3. The highest BCUT2D eigenvalue weighted by molar-refractivity contribution is 6.32. The van der Waals surface area contributed by atoms with Gasteiger partial charge in [-0.15, -0.1) is 0 Å². The molecule has 0 saturated carbocycles. The summed E-state index contributed by atoms with van der Waals surface area (Å²) >= 11 is 5.77. The number of halogens is 1. The van der Waals surface area contributed by atoms with E-state index in [1.54, 1.807) is 6.07 Å². The van der Waals surface area contributed by atoms with Crippen molar-refractivity contribution in [1.29, 1.82) is 5.26 Å². The summed E-state index contributed by atoms with van der Waals surface area (Å²) in [5.41, 5.74) is 2.72. The highest BCUT2D eigenvalue weighted by atomic mass is 35.5. The van der Waals surface area contributed by atoms with Crippen LogP contribution in [0.25, 0.3) is 6.08 Å². The lowest BCUT2D eigenvalue weighted by Crippen LogP contribution is -2.14. The summed E-state index contributed by atoms with van der Waals surface area (Å²) in [6, 6.07) is 9.92. The number of carbonyl (C=O) groups is 1. The zero-order valence-electron chi connectivity index (χ0n) is 13.1. The molecule has 122 valence electrons. The molecule has 0 aromatic heterocycles. The number of amides is 1. The molecule has 6 heteroatoms. The molecule has 0 aliphatic carbocycles. The molecule has 0 aliphatic heterocycles. The molecule has 0 aliphatic rings. The second-order valence-corrected chi connectivity index (χ2v) is 5.72. The number of hydrogen-bond acceptors (Lipinski definition) is 4. The van der Waals surface area contributed by atoms with Crippen LogP contribution in [0.15, 0.2) is 35.9 Å². The topological polar surface area (TPSA) is 93.4 Å². The Morgan fingerprint density at radius 1 is 1.25 bits per heavy atom. The number of hydrogen-bond donors (Lipinski definition) is 3. The maximum Gasteiger partial charge on any atom is 0.266 e. The van der Waals surface area contributed by atoms with Gasteiger partial charge in [-0.25, -0.2) is 0 Å². The van der Waals surface area contributed by atoms with E-state index in [0.29, 0.717) is 11.3 Å². The van der Waals surface area contributed by atoms with Crippen LogP contribution in [0, 0.1) is 25.2 Å². The first kappa shape index (κ1) is 17.4. The molecule has 24 heavy (non-hydrogen) atoms. The molecule has 0 bridgehead atoms. The summed E-state index contributed by atoms with van der Waals surface area (Å²) in [7, 11) is 0. The van der Waals surface area contributed by atoms with Crippen molar-refractivity contribution in [3.8, 4) is 17.6 Å². The van der Waals surface area contributed by atoms with Gasteiger partial charge in [-0.3, -0.25) is 4.79 Å². The number of phenols is 2. The predicted octanol–water partition coefficient (Wildman–Crippen LogP) is 3.91.